The van der Waals surface area contributed by atoms with Crippen LogP contribution in [-0.2, 0) is 16.1 Å². The van der Waals surface area contributed by atoms with Crippen molar-refractivity contribution in [3.8, 4) is 0 Å². The van der Waals surface area contributed by atoms with Crippen LogP contribution in [-0.4, -0.2) is 16.7 Å². The highest BCUT2D eigenvalue weighted by Gasteiger charge is 2.27. The summed E-state index contributed by atoms with van der Waals surface area (Å²) in [5.74, 6) is -0.389. The summed E-state index contributed by atoms with van der Waals surface area (Å²) in [5, 5.41) is 3.87. The smallest absolute Gasteiger partial charge is 0.256 e. The van der Waals surface area contributed by atoms with E-state index in [9.17, 15) is 9.59 Å². The molecule has 14 heavy (non-hydrogen) atoms. The molecule has 1 aromatic rings. The minimum absolute atomic E-state index is 0.179. The molecule has 0 fully saturated rings. The van der Waals surface area contributed by atoms with Crippen LogP contribution in [0, 0.1) is 0 Å². The highest BCUT2D eigenvalue weighted by Crippen LogP contribution is 2.16. The van der Waals surface area contributed by atoms with Crippen molar-refractivity contribution in [3.63, 3.8) is 0 Å². The first-order valence-electron chi connectivity index (χ1n) is 4.23. The number of hydrogen-bond acceptors (Lipinski definition) is 3. The molecule has 2 rings (SSSR count). The van der Waals surface area contributed by atoms with Gasteiger partial charge in [-0.3, -0.25) is 14.5 Å². The van der Waals surface area contributed by atoms with Gasteiger partial charge in [0, 0.05) is 11.6 Å². The van der Waals surface area contributed by atoms with Crippen molar-refractivity contribution in [3.05, 3.63) is 34.0 Å². The van der Waals surface area contributed by atoms with Gasteiger partial charge in [0.2, 0.25) is 0 Å². The molecule has 0 N–H and O–H groups in total. The second kappa shape index (κ2) is 3.38. The fourth-order valence-corrected chi connectivity index (χ4v) is 2.01. The lowest BCUT2D eigenvalue weighted by molar-refractivity contribution is -0.137. The fourth-order valence-electron chi connectivity index (χ4n) is 1.35. The molecule has 2 amide bonds. The zero-order valence-corrected chi connectivity index (χ0v) is 8.50. The van der Waals surface area contributed by atoms with Gasteiger partial charge in [-0.25, -0.2) is 0 Å². The summed E-state index contributed by atoms with van der Waals surface area (Å²) in [7, 11) is 0. The number of carbonyl (C=O) groups excluding carboxylic acids is 2. The van der Waals surface area contributed by atoms with E-state index in [0.29, 0.717) is 12.1 Å². The second-order valence-corrected chi connectivity index (χ2v) is 3.97. The van der Waals surface area contributed by atoms with E-state index in [4.69, 9.17) is 0 Å². The number of imide groups is 1. The topological polar surface area (TPSA) is 37.4 Å². The molecule has 1 aliphatic rings. The molecule has 1 aromatic heterocycles. The van der Waals surface area contributed by atoms with Crippen molar-refractivity contribution in [2.75, 3.05) is 0 Å². The molecule has 2 heterocycles. The van der Waals surface area contributed by atoms with E-state index >= 15 is 0 Å². The molecule has 0 aliphatic carbocycles. The van der Waals surface area contributed by atoms with Crippen LogP contribution in [0.4, 0.5) is 0 Å². The fraction of sp³-hybridized carbons (Fsp3) is 0.200. The van der Waals surface area contributed by atoms with Gasteiger partial charge in [-0.1, -0.05) is 0 Å². The van der Waals surface area contributed by atoms with E-state index in [1.54, 1.807) is 18.3 Å². The average molecular weight is 207 g/mol. The third-order valence-electron chi connectivity index (χ3n) is 2.11. The first-order valence-corrected chi connectivity index (χ1v) is 5.18. The molecule has 0 bridgehead atoms. The molecule has 0 radical (unpaired) electrons. The van der Waals surface area contributed by atoms with E-state index in [1.807, 2.05) is 16.8 Å². The normalized spacial score (nSPS) is 16.4. The Morgan fingerprint density at radius 3 is 2.71 bits per heavy atom. The molecule has 72 valence electrons. The Bertz CT molecular complexity index is 406. The predicted molar refractivity (Wildman–Crippen MR) is 53.6 cm³/mol. The van der Waals surface area contributed by atoms with Gasteiger partial charge in [0.15, 0.2) is 0 Å². The van der Waals surface area contributed by atoms with E-state index in [2.05, 4.69) is 0 Å². The minimum atomic E-state index is -0.210. The van der Waals surface area contributed by atoms with Crippen LogP contribution in [0.3, 0.4) is 0 Å². The van der Waals surface area contributed by atoms with E-state index in [1.165, 1.54) is 11.0 Å². The monoisotopic (exact) mass is 207 g/mol. The lowest BCUT2D eigenvalue weighted by Gasteiger charge is -2.12. The largest absolute Gasteiger partial charge is 0.271 e. The van der Waals surface area contributed by atoms with E-state index < -0.39 is 0 Å². The van der Waals surface area contributed by atoms with Gasteiger partial charge in [0.1, 0.15) is 0 Å². The zero-order chi connectivity index (χ0) is 10.1. The third kappa shape index (κ3) is 1.48. The Morgan fingerprint density at radius 2 is 2.21 bits per heavy atom. The summed E-state index contributed by atoms with van der Waals surface area (Å²) in [6.45, 7) is 2.04. The van der Waals surface area contributed by atoms with E-state index in [0.717, 1.165) is 5.56 Å². The second-order valence-electron chi connectivity index (χ2n) is 3.19. The lowest BCUT2D eigenvalue weighted by Crippen LogP contribution is -2.29. The van der Waals surface area contributed by atoms with Crippen molar-refractivity contribution in [1.82, 2.24) is 4.90 Å². The Balaban J connectivity index is 2.15. The molecule has 0 atom stereocenters. The van der Waals surface area contributed by atoms with Crippen molar-refractivity contribution in [2.24, 2.45) is 0 Å². The Labute approximate surface area is 85.6 Å². The Kier molecular flexibility index (Phi) is 2.21. The van der Waals surface area contributed by atoms with Gasteiger partial charge < -0.3 is 0 Å². The molecule has 0 unspecified atom stereocenters. The van der Waals surface area contributed by atoms with Gasteiger partial charge in [0.25, 0.3) is 11.8 Å². The third-order valence-corrected chi connectivity index (χ3v) is 2.84. The van der Waals surface area contributed by atoms with Crippen LogP contribution in [0.25, 0.3) is 0 Å². The maximum absolute atomic E-state index is 11.5. The van der Waals surface area contributed by atoms with Crippen LogP contribution < -0.4 is 0 Å². The van der Waals surface area contributed by atoms with Gasteiger partial charge in [-0.2, -0.15) is 11.3 Å². The zero-order valence-electron chi connectivity index (χ0n) is 7.69. The summed E-state index contributed by atoms with van der Waals surface area (Å²) in [5.41, 5.74) is 1.52. The summed E-state index contributed by atoms with van der Waals surface area (Å²) < 4.78 is 0. The standard InChI is InChI=1S/C10H9NO2S/c1-7-4-9(12)11(10(7)13)5-8-2-3-14-6-8/h2-4,6H,5H2,1H3. The number of carbonyl (C=O) groups is 2. The molecular weight excluding hydrogens is 198 g/mol. The molecule has 0 spiro atoms. The highest BCUT2D eigenvalue weighted by molar-refractivity contribution is 7.07. The van der Waals surface area contributed by atoms with E-state index in [-0.39, 0.29) is 11.8 Å². The van der Waals surface area contributed by atoms with Crippen molar-refractivity contribution in [1.29, 1.82) is 0 Å². The van der Waals surface area contributed by atoms with Gasteiger partial charge in [-0.15, -0.1) is 0 Å². The maximum Gasteiger partial charge on any atom is 0.256 e. The molecule has 0 aromatic carbocycles. The first-order chi connectivity index (χ1) is 6.68. The number of nitrogens with zero attached hydrogens (tertiary/aromatic N) is 1. The molecule has 0 saturated heterocycles. The van der Waals surface area contributed by atoms with Crippen LogP contribution in [0.15, 0.2) is 28.5 Å². The number of thiophene rings is 1. The first kappa shape index (κ1) is 9.15. The van der Waals surface area contributed by atoms with Crippen LogP contribution in [0.1, 0.15) is 12.5 Å². The SMILES string of the molecule is CC1=CC(=O)N(Cc2ccsc2)C1=O. The van der Waals surface area contributed by atoms with Gasteiger partial charge in [-0.05, 0) is 29.3 Å². The van der Waals surface area contributed by atoms with Crippen molar-refractivity contribution in [2.45, 2.75) is 13.5 Å². The number of rotatable bonds is 2. The Hall–Kier alpha value is -1.42. The maximum atomic E-state index is 11.5. The molecular formula is C10H9NO2S. The van der Waals surface area contributed by atoms with Crippen molar-refractivity contribution < 1.29 is 9.59 Å². The van der Waals surface area contributed by atoms with Crippen LogP contribution >= 0.6 is 11.3 Å². The molecule has 3 nitrogen and oxygen atoms in total. The van der Waals surface area contributed by atoms with Crippen molar-refractivity contribution >= 4 is 23.2 Å². The average Bonchev–Trinajstić information content (AvgIpc) is 2.71. The number of amides is 2. The summed E-state index contributed by atoms with van der Waals surface area (Å²) >= 11 is 1.56. The lowest BCUT2D eigenvalue weighted by atomic mass is 10.3. The quantitative estimate of drug-likeness (QED) is 0.690. The Morgan fingerprint density at radius 1 is 1.43 bits per heavy atom. The van der Waals surface area contributed by atoms with Crippen LogP contribution in [0.2, 0.25) is 0 Å². The molecule has 4 heteroatoms. The highest BCUT2D eigenvalue weighted by atomic mass is 32.1. The molecule has 0 saturated carbocycles. The van der Waals surface area contributed by atoms with Gasteiger partial charge in [0.05, 0.1) is 6.54 Å². The number of hydrogen-bond donors (Lipinski definition) is 0. The minimum Gasteiger partial charge on any atom is -0.271 e. The molecule has 1 aliphatic heterocycles. The summed E-state index contributed by atoms with van der Waals surface area (Å²) in [6.07, 6.45) is 1.38. The summed E-state index contributed by atoms with van der Waals surface area (Å²) in [6, 6.07) is 1.92. The predicted octanol–water partition coefficient (Wildman–Crippen LogP) is 1.56. The van der Waals surface area contributed by atoms with Gasteiger partial charge >= 0.3 is 0 Å². The van der Waals surface area contributed by atoms with Crippen LogP contribution in [0.5, 0.6) is 0 Å². The summed E-state index contributed by atoms with van der Waals surface area (Å²) in [4.78, 5) is 24.1.